The number of ether oxygens (including phenoxy) is 1. The van der Waals surface area contributed by atoms with Crippen molar-refractivity contribution < 1.29 is 19.1 Å². The Morgan fingerprint density at radius 3 is 2.78 bits per heavy atom. The summed E-state index contributed by atoms with van der Waals surface area (Å²) in [6.45, 7) is 3.19. The van der Waals surface area contributed by atoms with E-state index < -0.39 is 6.10 Å². The third-order valence-electron chi connectivity index (χ3n) is 6.80. The second-order valence-corrected chi connectivity index (χ2v) is 10.8. The van der Waals surface area contributed by atoms with Gasteiger partial charge in [0, 0.05) is 72.4 Å². The summed E-state index contributed by atoms with van der Waals surface area (Å²) in [5.74, 6) is 0.453. The van der Waals surface area contributed by atoms with Gasteiger partial charge >= 0.3 is 6.03 Å². The second kappa shape index (κ2) is 9.02. The van der Waals surface area contributed by atoms with Gasteiger partial charge in [-0.25, -0.2) is 4.79 Å². The zero-order valence-electron chi connectivity index (χ0n) is 19.6. The van der Waals surface area contributed by atoms with Crippen LogP contribution in [-0.4, -0.2) is 83.4 Å². The SMILES string of the molecule is CN1CC(=O)N(Cc2cc3nccc(-c4cc(Cl)cc5c4O[C@@H](C(=O)N4CCNCC4)C5)c3s2)C1=O. The summed E-state index contributed by atoms with van der Waals surface area (Å²) in [5.41, 5.74) is 3.37. The van der Waals surface area contributed by atoms with Crippen molar-refractivity contribution in [2.75, 3.05) is 39.8 Å². The maximum Gasteiger partial charge on any atom is 0.327 e. The minimum absolute atomic E-state index is 0.00188. The van der Waals surface area contributed by atoms with Crippen LogP contribution in [0.25, 0.3) is 21.3 Å². The van der Waals surface area contributed by atoms with Crippen LogP contribution in [0.4, 0.5) is 4.79 Å². The first-order chi connectivity index (χ1) is 17.4. The van der Waals surface area contributed by atoms with Gasteiger partial charge in [0.25, 0.3) is 11.8 Å². The molecule has 0 aliphatic carbocycles. The maximum atomic E-state index is 13.1. The van der Waals surface area contributed by atoms with Crippen molar-refractivity contribution in [1.29, 1.82) is 0 Å². The number of likely N-dealkylation sites (N-methyl/N-ethyl adjacent to an activating group) is 1. The number of amides is 4. The minimum atomic E-state index is -0.573. The quantitative estimate of drug-likeness (QED) is 0.526. The molecule has 2 fully saturated rings. The van der Waals surface area contributed by atoms with Crippen molar-refractivity contribution in [2.24, 2.45) is 0 Å². The Kier molecular flexibility index (Phi) is 5.82. The zero-order chi connectivity index (χ0) is 25.0. The van der Waals surface area contributed by atoms with E-state index in [2.05, 4.69) is 10.3 Å². The average Bonchev–Trinajstić information content (AvgIpc) is 3.55. The summed E-state index contributed by atoms with van der Waals surface area (Å²) in [5, 5.41) is 3.83. The van der Waals surface area contributed by atoms with Crippen LogP contribution in [0.15, 0.2) is 30.5 Å². The second-order valence-electron chi connectivity index (χ2n) is 9.23. The van der Waals surface area contributed by atoms with E-state index in [1.165, 1.54) is 21.1 Å². The summed E-state index contributed by atoms with van der Waals surface area (Å²) in [4.78, 5) is 47.6. The molecule has 1 aromatic carbocycles. The lowest BCUT2D eigenvalue weighted by Gasteiger charge is -2.29. The first-order valence-corrected chi connectivity index (χ1v) is 13.0. The molecule has 0 radical (unpaired) electrons. The summed E-state index contributed by atoms with van der Waals surface area (Å²) in [6, 6.07) is 7.24. The van der Waals surface area contributed by atoms with Gasteiger partial charge in [-0.15, -0.1) is 11.3 Å². The van der Waals surface area contributed by atoms with Crippen molar-refractivity contribution in [3.05, 3.63) is 45.9 Å². The number of halogens is 1. The molecule has 0 spiro atoms. The number of benzene rings is 1. The molecule has 3 aromatic rings. The summed E-state index contributed by atoms with van der Waals surface area (Å²) in [7, 11) is 1.62. The average molecular weight is 526 g/mol. The minimum Gasteiger partial charge on any atom is -0.479 e. The van der Waals surface area contributed by atoms with E-state index in [1.807, 2.05) is 29.2 Å². The Bertz CT molecular complexity index is 1400. The fourth-order valence-electron chi connectivity index (χ4n) is 5.01. The number of hydrogen-bond acceptors (Lipinski definition) is 7. The van der Waals surface area contributed by atoms with E-state index in [0.29, 0.717) is 30.3 Å². The normalized spacial score (nSPS) is 19.8. The summed E-state index contributed by atoms with van der Waals surface area (Å²) < 4.78 is 7.18. The first-order valence-electron chi connectivity index (χ1n) is 11.8. The number of fused-ring (bicyclic) bond motifs is 2. The van der Waals surface area contributed by atoms with E-state index >= 15 is 0 Å². The number of piperazine rings is 1. The highest BCUT2D eigenvalue weighted by molar-refractivity contribution is 7.19. The molecule has 4 amide bonds. The van der Waals surface area contributed by atoms with Crippen LogP contribution in [-0.2, 0) is 22.6 Å². The third kappa shape index (κ3) is 3.99. The number of nitrogens with one attached hydrogen (secondary N) is 1. The molecule has 3 aliphatic rings. The monoisotopic (exact) mass is 525 g/mol. The van der Waals surface area contributed by atoms with Gasteiger partial charge in [-0.1, -0.05) is 11.6 Å². The standard InChI is InChI=1S/C25H24ClN5O4S/c1-29-13-21(32)31(25(29)34)12-16-11-19-23(36-16)17(2-3-28-19)18-10-15(26)8-14-9-20(35-22(14)18)24(33)30-6-4-27-5-7-30/h2-3,8,10-11,20,27H,4-7,9,12-13H2,1H3/t20-/m1/s1. The number of hydrogen-bond donors (Lipinski definition) is 1. The molecule has 0 saturated carbocycles. The zero-order valence-corrected chi connectivity index (χ0v) is 21.2. The van der Waals surface area contributed by atoms with E-state index in [1.54, 1.807) is 13.2 Å². The first kappa shape index (κ1) is 23.2. The van der Waals surface area contributed by atoms with Gasteiger partial charge in [0.05, 0.1) is 16.8 Å². The van der Waals surface area contributed by atoms with Gasteiger partial charge in [0.2, 0.25) is 0 Å². The van der Waals surface area contributed by atoms with Gasteiger partial charge < -0.3 is 19.9 Å². The van der Waals surface area contributed by atoms with Gasteiger partial charge in [-0.05, 0) is 24.3 Å². The molecule has 11 heteroatoms. The fraction of sp³-hybridized carbons (Fsp3) is 0.360. The van der Waals surface area contributed by atoms with Crippen LogP contribution < -0.4 is 10.1 Å². The van der Waals surface area contributed by atoms with Crippen LogP contribution in [0.5, 0.6) is 5.75 Å². The van der Waals surface area contributed by atoms with E-state index in [-0.39, 0.29) is 30.9 Å². The molecule has 1 N–H and O–H groups in total. The van der Waals surface area contributed by atoms with Crippen molar-refractivity contribution in [1.82, 2.24) is 25.0 Å². The molecule has 5 heterocycles. The van der Waals surface area contributed by atoms with Gasteiger partial charge in [-0.2, -0.15) is 0 Å². The van der Waals surface area contributed by atoms with Crippen LogP contribution in [0.3, 0.4) is 0 Å². The lowest BCUT2D eigenvalue weighted by molar-refractivity contribution is -0.138. The Labute approximate surface area is 216 Å². The summed E-state index contributed by atoms with van der Waals surface area (Å²) in [6.07, 6.45) is 1.62. The predicted octanol–water partition coefficient (Wildman–Crippen LogP) is 2.75. The fourth-order valence-corrected chi connectivity index (χ4v) is 6.38. The van der Waals surface area contributed by atoms with Crippen LogP contribution >= 0.6 is 22.9 Å². The van der Waals surface area contributed by atoms with Gasteiger partial charge in [-0.3, -0.25) is 19.5 Å². The molecule has 2 saturated heterocycles. The van der Waals surface area contributed by atoms with Crippen LogP contribution in [0.2, 0.25) is 5.02 Å². The molecule has 36 heavy (non-hydrogen) atoms. The van der Waals surface area contributed by atoms with E-state index in [0.717, 1.165) is 44.9 Å². The highest BCUT2D eigenvalue weighted by Crippen LogP contribution is 2.45. The molecule has 3 aliphatic heterocycles. The van der Waals surface area contributed by atoms with Crippen LogP contribution in [0, 0.1) is 0 Å². The van der Waals surface area contributed by atoms with Gasteiger partial charge in [0.1, 0.15) is 12.3 Å². The Balaban J connectivity index is 1.33. The number of nitrogens with zero attached hydrogens (tertiary/aromatic N) is 4. The molecule has 186 valence electrons. The highest BCUT2D eigenvalue weighted by Gasteiger charge is 2.36. The number of carbonyl (C=O) groups is 3. The van der Waals surface area contributed by atoms with Crippen molar-refractivity contribution in [2.45, 2.75) is 19.1 Å². The number of carbonyl (C=O) groups excluding carboxylic acids is 3. The molecule has 0 bridgehead atoms. The third-order valence-corrected chi connectivity index (χ3v) is 8.16. The topological polar surface area (TPSA) is 95.1 Å². The molecule has 2 aromatic heterocycles. The van der Waals surface area contributed by atoms with Crippen molar-refractivity contribution >= 4 is 51.0 Å². The van der Waals surface area contributed by atoms with Gasteiger partial charge in [0.15, 0.2) is 6.10 Å². The smallest absolute Gasteiger partial charge is 0.327 e. The van der Waals surface area contributed by atoms with E-state index in [9.17, 15) is 14.4 Å². The molecule has 9 nitrogen and oxygen atoms in total. The van der Waals surface area contributed by atoms with Crippen LogP contribution in [0.1, 0.15) is 10.4 Å². The van der Waals surface area contributed by atoms with Crippen molar-refractivity contribution in [3.8, 4) is 16.9 Å². The number of pyridine rings is 1. The Morgan fingerprint density at radius 2 is 2.03 bits per heavy atom. The summed E-state index contributed by atoms with van der Waals surface area (Å²) >= 11 is 8.00. The maximum absolute atomic E-state index is 13.1. The van der Waals surface area contributed by atoms with E-state index in [4.69, 9.17) is 16.3 Å². The number of urea groups is 1. The molecule has 6 rings (SSSR count). The largest absolute Gasteiger partial charge is 0.479 e. The van der Waals surface area contributed by atoms with Crippen molar-refractivity contribution in [3.63, 3.8) is 0 Å². The number of thiophene rings is 1. The lowest BCUT2D eigenvalue weighted by atomic mass is 10.0. The Hall–Kier alpha value is -3.21. The number of imide groups is 1. The molecule has 0 unspecified atom stereocenters. The number of rotatable bonds is 4. The number of aromatic nitrogens is 1. The lowest BCUT2D eigenvalue weighted by Crippen LogP contribution is -2.50. The highest BCUT2D eigenvalue weighted by atomic mass is 35.5. The molecule has 1 atom stereocenters. The molecular weight excluding hydrogens is 502 g/mol. The molecular formula is C25H24ClN5O4S. The predicted molar refractivity (Wildman–Crippen MR) is 136 cm³/mol. The Morgan fingerprint density at radius 1 is 1.22 bits per heavy atom.